The highest BCUT2D eigenvalue weighted by Crippen LogP contribution is 2.32. The van der Waals surface area contributed by atoms with Gasteiger partial charge in [0.1, 0.15) is 5.16 Å². The molecule has 2 heterocycles. The Morgan fingerprint density at radius 2 is 2.16 bits per heavy atom. The van der Waals surface area contributed by atoms with Crippen molar-refractivity contribution < 1.29 is 0 Å². The Balaban J connectivity index is 2.27. The van der Waals surface area contributed by atoms with Crippen LogP contribution in [0.4, 0.5) is 0 Å². The van der Waals surface area contributed by atoms with Crippen molar-refractivity contribution in [3.8, 4) is 0 Å². The van der Waals surface area contributed by atoms with Crippen LogP contribution in [-0.4, -0.2) is 16.2 Å². The van der Waals surface area contributed by atoms with Gasteiger partial charge in [0, 0.05) is 29.6 Å². The van der Waals surface area contributed by atoms with Crippen LogP contribution in [0.1, 0.15) is 44.7 Å². The second-order valence-electron chi connectivity index (χ2n) is 6.49. The summed E-state index contributed by atoms with van der Waals surface area (Å²) in [7, 11) is 0. The quantitative estimate of drug-likeness (QED) is 0.325. The van der Waals surface area contributed by atoms with E-state index in [1.54, 1.807) is 0 Å². The van der Waals surface area contributed by atoms with Crippen molar-refractivity contribution in [3.05, 3.63) is 57.9 Å². The molecule has 2 aromatic rings. The lowest BCUT2D eigenvalue weighted by Gasteiger charge is -2.14. The molecule has 3 rings (SSSR count). The third-order valence-corrected chi connectivity index (χ3v) is 5.67. The number of rotatable bonds is 5. The minimum absolute atomic E-state index is 0.414. The van der Waals surface area contributed by atoms with Gasteiger partial charge in [-0.2, -0.15) is 0 Å². The first-order valence-corrected chi connectivity index (χ1v) is 9.78. The Bertz CT molecular complexity index is 885. The molecule has 25 heavy (non-hydrogen) atoms. The van der Waals surface area contributed by atoms with Crippen molar-refractivity contribution in [2.45, 2.75) is 46.6 Å². The first-order chi connectivity index (χ1) is 12.1. The van der Waals surface area contributed by atoms with E-state index < -0.39 is 0 Å². The predicted molar refractivity (Wildman–Crippen MR) is 110 cm³/mol. The van der Waals surface area contributed by atoms with Gasteiger partial charge in [-0.25, -0.2) is 4.99 Å². The van der Waals surface area contributed by atoms with Crippen molar-refractivity contribution >= 4 is 39.8 Å². The average molecular weight is 375 g/mol. The lowest BCUT2D eigenvalue weighted by Crippen LogP contribution is -2.07. The summed E-state index contributed by atoms with van der Waals surface area (Å²) in [5, 5.41) is 1.80. The Kier molecular flexibility index (Phi) is 5.71. The zero-order chi connectivity index (χ0) is 18.0. The molecule has 0 spiro atoms. The second kappa shape index (κ2) is 7.80. The van der Waals surface area contributed by atoms with Crippen LogP contribution < -0.4 is 0 Å². The maximum Gasteiger partial charge on any atom is 0.128 e. The van der Waals surface area contributed by atoms with Crippen LogP contribution in [0.2, 0.25) is 0 Å². The summed E-state index contributed by atoms with van der Waals surface area (Å²) in [5.74, 6) is 0.414. The molecule has 0 unspecified atom stereocenters. The molecular weight excluding hydrogens is 351 g/mol. The first kappa shape index (κ1) is 18.3. The van der Waals surface area contributed by atoms with E-state index in [2.05, 4.69) is 35.9 Å². The maximum atomic E-state index is 6.48. The molecule has 0 bridgehead atoms. The molecule has 2 nitrogen and oxygen atoms in total. The second-order valence-corrected chi connectivity index (χ2v) is 7.11. The van der Waals surface area contributed by atoms with Gasteiger partial charge in [-0.15, -0.1) is 11.6 Å². The van der Waals surface area contributed by atoms with Gasteiger partial charge in [0.15, 0.2) is 0 Å². The van der Waals surface area contributed by atoms with Gasteiger partial charge in [0.2, 0.25) is 0 Å². The number of hydrogen-bond acceptors (Lipinski definition) is 1. The fraction of sp³-hybridized carbons (Fsp3) is 0.381. The minimum Gasteiger partial charge on any atom is -0.347 e. The number of para-hydroxylation sites is 1. The van der Waals surface area contributed by atoms with Crippen LogP contribution in [0.3, 0.4) is 0 Å². The smallest absolute Gasteiger partial charge is 0.128 e. The van der Waals surface area contributed by atoms with Gasteiger partial charge >= 0.3 is 0 Å². The van der Waals surface area contributed by atoms with Crippen molar-refractivity contribution in [2.75, 3.05) is 5.88 Å². The molecule has 4 heteroatoms. The molecule has 0 saturated heterocycles. The normalized spacial score (nSPS) is 16.4. The van der Waals surface area contributed by atoms with E-state index in [0.29, 0.717) is 11.0 Å². The molecule has 132 valence electrons. The molecule has 0 aliphatic carbocycles. The van der Waals surface area contributed by atoms with E-state index in [1.165, 1.54) is 22.9 Å². The first-order valence-electron chi connectivity index (χ1n) is 8.87. The molecule has 1 aromatic heterocycles. The van der Waals surface area contributed by atoms with Gasteiger partial charge in [-0.1, -0.05) is 42.8 Å². The zero-order valence-electron chi connectivity index (χ0n) is 15.1. The third kappa shape index (κ3) is 3.43. The van der Waals surface area contributed by atoms with E-state index >= 15 is 0 Å². The molecule has 0 atom stereocenters. The standard InChI is InChI=1S/C21H24Cl2N2/c1-4-14(3)21(23)24-19(15(5-2)12-22)18-13-25-11-7-9-16-8-6-10-17(18)20(16)25/h5-6,8,10,13H,4,7,9,11-12H2,1-3H3. The fourth-order valence-electron chi connectivity index (χ4n) is 3.37. The number of benzene rings is 1. The van der Waals surface area contributed by atoms with Gasteiger partial charge in [-0.3, -0.25) is 0 Å². The Morgan fingerprint density at radius 1 is 1.36 bits per heavy atom. The highest BCUT2D eigenvalue weighted by atomic mass is 35.5. The summed E-state index contributed by atoms with van der Waals surface area (Å²) in [5.41, 5.74) is 6.83. The van der Waals surface area contributed by atoms with Crippen LogP contribution in [-0.2, 0) is 13.0 Å². The Labute approximate surface area is 159 Å². The van der Waals surface area contributed by atoms with E-state index in [-0.39, 0.29) is 0 Å². The average Bonchev–Trinajstić information content (AvgIpc) is 3.02. The summed E-state index contributed by atoms with van der Waals surface area (Å²) in [6.07, 6.45) is 7.44. The monoisotopic (exact) mass is 374 g/mol. The van der Waals surface area contributed by atoms with E-state index in [1.807, 2.05) is 19.9 Å². The summed E-state index contributed by atoms with van der Waals surface area (Å²) in [6, 6.07) is 6.54. The highest BCUT2D eigenvalue weighted by molar-refractivity contribution is 6.33. The van der Waals surface area contributed by atoms with Crippen molar-refractivity contribution in [1.82, 2.24) is 4.57 Å². The summed E-state index contributed by atoms with van der Waals surface area (Å²) in [4.78, 5) is 4.80. The molecular formula is C21H24Cl2N2. The van der Waals surface area contributed by atoms with Crippen LogP contribution in [0.25, 0.3) is 10.9 Å². The summed E-state index contributed by atoms with van der Waals surface area (Å²) >= 11 is 12.7. The number of aliphatic imine (C=N–C) groups is 1. The van der Waals surface area contributed by atoms with E-state index in [0.717, 1.165) is 41.8 Å². The molecule has 0 saturated carbocycles. The van der Waals surface area contributed by atoms with Gasteiger partial charge in [-0.05, 0) is 49.8 Å². The minimum atomic E-state index is 0.414. The third-order valence-electron chi connectivity index (χ3n) is 4.97. The SMILES string of the molecule is CC=C(CCl)C(=NC(Cl)=C(C)CC)c1cn2c3c(cccc13)CCC2. The molecule has 0 radical (unpaired) electrons. The Hall–Kier alpha value is -1.51. The molecule has 0 N–H and O–H groups in total. The number of hydrogen-bond donors (Lipinski definition) is 0. The number of allylic oxidation sites excluding steroid dienone is 3. The Morgan fingerprint density at radius 3 is 2.84 bits per heavy atom. The van der Waals surface area contributed by atoms with Crippen LogP contribution in [0, 0.1) is 0 Å². The fourth-order valence-corrected chi connectivity index (χ4v) is 3.87. The molecule has 1 aromatic carbocycles. The van der Waals surface area contributed by atoms with Gasteiger partial charge in [0.05, 0.1) is 11.2 Å². The van der Waals surface area contributed by atoms with Crippen molar-refractivity contribution in [1.29, 1.82) is 0 Å². The van der Waals surface area contributed by atoms with Gasteiger partial charge < -0.3 is 4.57 Å². The van der Waals surface area contributed by atoms with Crippen molar-refractivity contribution in [2.24, 2.45) is 4.99 Å². The molecule has 0 fully saturated rings. The number of nitrogens with zero attached hydrogens (tertiary/aromatic N) is 2. The maximum absolute atomic E-state index is 6.48. The van der Waals surface area contributed by atoms with Crippen LogP contribution >= 0.6 is 23.2 Å². The van der Waals surface area contributed by atoms with E-state index in [4.69, 9.17) is 28.2 Å². The zero-order valence-corrected chi connectivity index (χ0v) is 16.6. The van der Waals surface area contributed by atoms with E-state index in [9.17, 15) is 0 Å². The molecule has 1 aliphatic rings. The predicted octanol–water partition coefficient (Wildman–Crippen LogP) is 6.44. The van der Waals surface area contributed by atoms with Crippen LogP contribution in [0.5, 0.6) is 0 Å². The molecule has 0 amide bonds. The number of aromatic nitrogens is 1. The topological polar surface area (TPSA) is 17.3 Å². The summed E-state index contributed by atoms with van der Waals surface area (Å²) in [6.45, 7) is 7.16. The highest BCUT2D eigenvalue weighted by Gasteiger charge is 2.20. The lowest BCUT2D eigenvalue weighted by atomic mass is 9.99. The number of halogens is 2. The van der Waals surface area contributed by atoms with Crippen molar-refractivity contribution in [3.63, 3.8) is 0 Å². The summed E-state index contributed by atoms with van der Waals surface area (Å²) < 4.78 is 2.35. The molecule has 1 aliphatic heterocycles. The largest absolute Gasteiger partial charge is 0.347 e. The van der Waals surface area contributed by atoms with Gasteiger partial charge in [0.25, 0.3) is 0 Å². The van der Waals surface area contributed by atoms with Crippen LogP contribution in [0.15, 0.2) is 51.8 Å². The number of aryl methyl sites for hydroxylation is 2. The lowest BCUT2D eigenvalue weighted by molar-refractivity contribution is 0.636. The number of alkyl halides is 1.